The average molecular weight is 541 g/mol. The van der Waals surface area contributed by atoms with Gasteiger partial charge in [0.2, 0.25) is 5.88 Å². The van der Waals surface area contributed by atoms with Gasteiger partial charge in [-0.25, -0.2) is 13.6 Å². The van der Waals surface area contributed by atoms with Gasteiger partial charge < -0.3 is 25.8 Å². The second-order valence-corrected chi connectivity index (χ2v) is 9.67. The smallest absolute Gasteiger partial charge is 0.319 e. The van der Waals surface area contributed by atoms with Gasteiger partial charge in [-0.2, -0.15) is 4.37 Å². The Balaban J connectivity index is 1.40. The number of aliphatic hydroxyl groups excluding tert-OH is 1. The maximum absolute atomic E-state index is 14.1. The van der Waals surface area contributed by atoms with E-state index in [0.717, 1.165) is 70.1 Å². The Morgan fingerprint density at radius 1 is 1.11 bits per heavy atom. The molecule has 1 aliphatic rings. The zero-order valence-electron chi connectivity index (χ0n) is 20.9. The van der Waals surface area contributed by atoms with Crippen LogP contribution < -0.4 is 21.1 Å². The van der Waals surface area contributed by atoms with Crippen LogP contribution >= 0.6 is 11.5 Å². The molecule has 0 spiro atoms. The minimum absolute atomic E-state index is 0.0881. The number of nitrogens with one attached hydrogen (secondary N) is 2. The van der Waals surface area contributed by atoms with Gasteiger partial charge in [0, 0.05) is 39.3 Å². The molecule has 0 saturated carbocycles. The van der Waals surface area contributed by atoms with E-state index in [1.54, 1.807) is 6.92 Å². The number of rotatable bonds is 13. The van der Waals surface area contributed by atoms with Gasteiger partial charge in [0.25, 0.3) is 5.91 Å². The molecule has 3 rings (SSSR count). The number of carbonyl (C=O) groups is 2. The molecule has 37 heavy (non-hydrogen) atoms. The first-order valence-corrected chi connectivity index (χ1v) is 13.0. The lowest BCUT2D eigenvalue weighted by molar-refractivity contribution is 0.0996. The van der Waals surface area contributed by atoms with Crippen molar-refractivity contribution in [1.29, 1.82) is 0 Å². The number of primary amides is 1. The van der Waals surface area contributed by atoms with Crippen molar-refractivity contribution in [3.63, 3.8) is 0 Å². The van der Waals surface area contributed by atoms with E-state index in [1.165, 1.54) is 12.1 Å². The lowest BCUT2D eigenvalue weighted by Crippen LogP contribution is -2.47. The van der Waals surface area contributed by atoms with Crippen molar-refractivity contribution < 1.29 is 28.2 Å². The van der Waals surface area contributed by atoms with Crippen molar-refractivity contribution in [3.8, 4) is 5.88 Å². The highest BCUT2D eigenvalue weighted by molar-refractivity contribution is 7.11. The molecule has 5 N–H and O–H groups in total. The lowest BCUT2D eigenvalue weighted by Gasteiger charge is -2.34. The largest absolute Gasteiger partial charge is 0.471 e. The number of aliphatic hydroxyl groups is 1. The Labute approximate surface area is 218 Å². The number of aromatic nitrogens is 1. The van der Waals surface area contributed by atoms with Crippen molar-refractivity contribution in [2.45, 2.75) is 32.8 Å². The normalized spacial score (nSPS) is 14.5. The summed E-state index contributed by atoms with van der Waals surface area (Å²) in [4.78, 5) is 28.9. The molecule has 0 atom stereocenters. The number of carbonyl (C=O) groups excluding carboxylic acids is 2. The molecule has 10 nitrogen and oxygen atoms in total. The molecule has 204 valence electrons. The SMILES string of the molecule is Cc1cc(F)c(COc2nsc(NC(=O)NCCCCCN3CCN(CCO)CC3)c2C(N)=O)c(F)c1. The summed E-state index contributed by atoms with van der Waals surface area (Å²) < 4.78 is 37.5. The van der Waals surface area contributed by atoms with E-state index in [-0.39, 0.29) is 28.6 Å². The zero-order chi connectivity index (χ0) is 26.8. The van der Waals surface area contributed by atoms with Gasteiger partial charge in [-0.1, -0.05) is 6.42 Å². The van der Waals surface area contributed by atoms with Crippen molar-refractivity contribution in [3.05, 3.63) is 40.5 Å². The number of hydrogen-bond donors (Lipinski definition) is 4. The van der Waals surface area contributed by atoms with E-state index in [4.69, 9.17) is 15.6 Å². The third-order valence-corrected chi connectivity index (χ3v) is 6.84. The first-order chi connectivity index (χ1) is 17.8. The number of anilines is 1. The molecule has 1 aliphatic heterocycles. The molecule has 2 heterocycles. The number of halogens is 2. The number of benzene rings is 1. The molecular weight excluding hydrogens is 506 g/mol. The van der Waals surface area contributed by atoms with Crippen molar-refractivity contribution in [2.75, 3.05) is 57.7 Å². The summed E-state index contributed by atoms with van der Waals surface area (Å²) in [5.74, 6) is -2.64. The first-order valence-electron chi connectivity index (χ1n) is 12.3. The molecule has 0 unspecified atom stereocenters. The Hall–Kier alpha value is -2.87. The predicted octanol–water partition coefficient (Wildman–Crippen LogP) is 2.31. The third-order valence-electron chi connectivity index (χ3n) is 6.09. The number of β-amino-alcohol motifs (C(OH)–C–C–N with tert-alkyl or cyclic N) is 1. The van der Waals surface area contributed by atoms with Crippen molar-refractivity contribution in [1.82, 2.24) is 19.5 Å². The molecule has 1 fully saturated rings. The first kappa shape index (κ1) is 28.7. The highest BCUT2D eigenvalue weighted by Crippen LogP contribution is 2.31. The van der Waals surface area contributed by atoms with Gasteiger partial charge in [-0.15, -0.1) is 0 Å². The van der Waals surface area contributed by atoms with Crippen LogP contribution in [-0.4, -0.2) is 83.6 Å². The van der Waals surface area contributed by atoms with E-state index < -0.39 is 30.2 Å². The van der Waals surface area contributed by atoms with E-state index in [2.05, 4.69) is 24.8 Å². The molecule has 13 heteroatoms. The number of aryl methyl sites for hydroxylation is 1. The van der Waals surface area contributed by atoms with Gasteiger partial charge in [0.15, 0.2) is 0 Å². The van der Waals surface area contributed by atoms with Crippen LogP contribution in [0.15, 0.2) is 12.1 Å². The summed E-state index contributed by atoms with van der Waals surface area (Å²) in [6.07, 6.45) is 2.77. The number of urea groups is 1. The maximum atomic E-state index is 14.1. The standard InChI is InChI=1S/C24H34F2N6O4S/c1-16-13-18(25)17(19(26)14-16)15-36-22-20(21(27)34)23(37-30-22)29-24(35)28-5-3-2-4-6-31-7-9-32(10-8-31)11-12-33/h13-14,33H,2-12,15H2,1H3,(H2,27,34)(H2,28,29,35). The summed E-state index contributed by atoms with van der Waals surface area (Å²) >= 11 is 0.787. The topological polar surface area (TPSA) is 133 Å². The van der Waals surface area contributed by atoms with Crippen LogP contribution in [0.5, 0.6) is 5.88 Å². The van der Waals surface area contributed by atoms with E-state index in [0.29, 0.717) is 12.1 Å². The number of piperazine rings is 1. The third kappa shape index (κ3) is 8.59. The minimum Gasteiger partial charge on any atom is -0.471 e. The molecule has 2 aromatic rings. The number of nitrogens with zero attached hydrogens (tertiary/aromatic N) is 3. The number of unbranched alkanes of at least 4 members (excludes halogenated alkanes) is 2. The van der Waals surface area contributed by atoms with Crippen LogP contribution in [0.25, 0.3) is 0 Å². The Bertz CT molecular complexity index is 1040. The molecule has 3 amide bonds. The van der Waals surface area contributed by atoms with E-state index in [1.807, 2.05) is 0 Å². The van der Waals surface area contributed by atoms with Crippen LogP contribution in [0.3, 0.4) is 0 Å². The number of amides is 3. The van der Waals surface area contributed by atoms with Gasteiger partial charge in [-0.05, 0) is 55.5 Å². The average Bonchev–Trinajstić information content (AvgIpc) is 3.24. The zero-order valence-corrected chi connectivity index (χ0v) is 21.7. The second kappa shape index (κ2) is 14.2. The van der Waals surface area contributed by atoms with Crippen LogP contribution in [0.2, 0.25) is 0 Å². The van der Waals surface area contributed by atoms with Crippen molar-refractivity contribution >= 4 is 28.5 Å². The summed E-state index contributed by atoms with van der Waals surface area (Å²) in [6.45, 7) is 7.39. The fourth-order valence-electron chi connectivity index (χ4n) is 4.05. The van der Waals surface area contributed by atoms with Crippen LogP contribution in [-0.2, 0) is 6.61 Å². The molecule has 0 aliphatic carbocycles. The highest BCUT2D eigenvalue weighted by Gasteiger charge is 2.23. The monoisotopic (exact) mass is 540 g/mol. The van der Waals surface area contributed by atoms with E-state index >= 15 is 0 Å². The Morgan fingerprint density at radius 2 is 1.76 bits per heavy atom. The maximum Gasteiger partial charge on any atom is 0.319 e. The number of nitrogens with two attached hydrogens (primary N) is 1. The predicted molar refractivity (Wildman–Crippen MR) is 137 cm³/mol. The molecular formula is C24H34F2N6O4S. The summed E-state index contributed by atoms with van der Waals surface area (Å²) in [6, 6.07) is 1.83. The molecule has 0 bridgehead atoms. The van der Waals surface area contributed by atoms with Crippen LogP contribution in [0.1, 0.15) is 40.7 Å². The molecule has 1 saturated heterocycles. The number of hydrogen-bond acceptors (Lipinski definition) is 8. The Kier molecular flexibility index (Phi) is 11.0. The highest BCUT2D eigenvalue weighted by atomic mass is 32.1. The summed E-state index contributed by atoms with van der Waals surface area (Å²) in [5.41, 5.74) is 5.40. The van der Waals surface area contributed by atoms with Crippen LogP contribution in [0, 0.1) is 18.6 Å². The number of ether oxygens (including phenoxy) is 1. The van der Waals surface area contributed by atoms with Crippen LogP contribution in [0.4, 0.5) is 18.6 Å². The quantitative estimate of drug-likeness (QED) is 0.287. The fraction of sp³-hybridized carbons (Fsp3) is 0.542. The molecule has 0 radical (unpaired) electrons. The summed E-state index contributed by atoms with van der Waals surface area (Å²) in [5, 5.41) is 14.4. The Morgan fingerprint density at radius 3 is 2.38 bits per heavy atom. The summed E-state index contributed by atoms with van der Waals surface area (Å²) in [7, 11) is 0. The van der Waals surface area contributed by atoms with E-state index in [9.17, 15) is 18.4 Å². The van der Waals surface area contributed by atoms with Gasteiger partial charge in [0.1, 0.15) is 28.8 Å². The van der Waals surface area contributed by atoms with Crippen molar-refractivity contribution in [2.24, 2.45) is 5.73 Å². The second-order valence-electron chi connectivity index (χ2n) is 8.90. The molecule has 1 aromatic carbocycles. The van der Waals surface area contributed by atoms with Gasteiger partial charge in [0.05, 0.1) is 12.2 Å². The minimum atomic E-state index is -0.888. The van der Waals surface area contributed by atoms with Gasteiger partial charge >= 0.3 is 6.03 Å². The fourth-order valence-corrected chi connectivity index (χ4v) is 4.78. The van der Waals surface area contributed by atoms with Gasteiger partial charge in [-0.3, -0.25) is 15.0 Å². The molecule has 1 aromatic heterocycles. The lowest BCUT2D eigenvalue weighted by atomic mass is 10.1.